The van der Waals surface area contributed by atoms with E-state index in [9.17, 15) is 9.59 Å². The summed E-state index contributed by atoms with van der Waals surface area (Å²) in [5.41, 5.74) is 1.83. The molecule has 6 atom stereocenters. The van der Waals surface area contributed by atoms with Gasteiger partial charge >= 0.3 is 0 Å². The summed E-state index contributed by atoms with van der Waals surface area (Å²) in [6.45, 7) is 0.551. The zero-order chi connectivity index (χ0) is 21.1. The van der Waals surface area contributed by atoms with Crippen LogP contribution in [-0.4, -0.2) is 25.5 Å². The van der Waals surface area contributed by atoms with Crippen molar-refractivity contribution in [2.24, 2.45) is 35.5 Å². The summed E-state index contributed by atoms with van der Waals surface area (Å²) >= 11 is 0. The number of hydrogen-bond acceptors (Lipinski definition) is 4. The van der Waals surface area contributed by atoms with E-state index in [2.05, 4.69) is 12.2 Å². The van der Waals surface area contributed by atoms with Crippen LogP contribution >= 0.6 is 0 Å². The third-order valence-electron chi connectivity index (χ3n) is 7.58. The monoisotopic (exact) mass is 415 g/mol. The van der Waals surface area contributed by atoms with E-state index in [4.69, 9.17) is 9.47 Å². The third kappa shape index (κ3) is 2.90. The van der Waals surface area contributed by atoms with Crippen LogP contribution in [0.25, 0.3) is 0 Å². The van der Waals surface area contributed by atoms with E-state index in [1.807, 2.05) is 48.5 Å². The van der Waals surface area contributed by atoms with Gasteiger partial charge in [0, 0.05) is 6.42 Å². The molecule has 5 aliphatic rings. The Balaban J connectivity index is 1.12. The minimum Gasteiger partial charge on any atom is -0.497 e. The van der Waals surface area contributed by atoms with Gasteiger partial charge in [0.05, 0.1) is 31.2 Å². The number of benzene rings is 2. The quantitative estimate of drug-likeness (QED) is 0.531. The molecule has 2 saturated carbocycles. The fourth-order valence-electron chi connectivity index (χ4n) is 5.98. The zero-order valence-electron chi connectivity index (χ0n) is 17.4. The molecule has 0 unspecified atom stereocenters. The standard InChI is InChI=1S/C26H25NO4/c1-30-17-6-2-15(3-7-17)12-13-31-18-8-4-16(5-9-18)27-25(28)23-19-10-11-20(22-14-21(19)22)24(23)26(27)29/h2-11,19-24H,12-14H2,1H3/t19-,20+,21+,22-,23-,24+. The Kier molecular flexibility index (Phi) is 4.20. The molecule has 0 aromatic heterocycles. The van der Waals surface area contributed by atoms with Crippen molar-refractivity contribution in [1.82, 2.24) is 0 Å². The number of anilines is 1. The number of imide groups is 1. The highest BCUT2D eigenvalue weighted by Gasteiger charge is 2.67. The van der Waals surface area contributed by atoms with Crippen LogP contribution in [0.3, 0.4) is 0 Å². The van der Waals surface area contributed by atoms with Crippen LogP contribution in [0, 0.1) is 35.5 Å². The fraction of sp³-hybridized carbons (Fsp3) is 0.385. The number of nitrogens with zero attached hydrogens (tertiary/aromatic N) is 1. The summed E-state index contributed by atoms with van der Waals surface area (Å²) in [6, 6.07) is 15.3. The SMILES string of the molecule is COc1ccc(CCOc2ccc(N3C(=O)[C@@H]4[C@@H]5C=C[C@@H]([C@H]6C[C@@H]56)[C@@H]4C3=O)cc2)cc1. The number of carbonyl (C=O) groups is 2. The van der Waals surface area contributed by atoms with E-state index in [1.54, 1.807) is 7.11 Å². The van der Waals surface area contributed by atoms with Crippen molar-refractivity contribution in [3.05, 3.63) is 66.2 Å². The van der Waals surface area contributed by atoms with Gasteiger partial charge in [0.15, 0.2) is 0 Å². The van der Waals surface area contributed by atoms with Crippen LogP contribution in [0.15, 0.2) is 60.7 Å². The van der Waals surface area contributed by atoms with Gasteiger partial charge < -0.3 is 9.47 Å². The predicted molar refractivity (Wildman–Crippen MR) is 116 cm³/mol. The average molecular weight is 415 g/mol. The smallest absolute Gasteiger partial charge is 0.238 e. The lowest BCUT2D eigenvalue weighted by molar-refractivity contribution is -0.124. The number of ether oxygens (including phenoxy) is 2. The molecule has 4 aliphatic carbocycles. The molecular weight excluding hydrogens is 390 g/mol. The highest BCUT2D eigenvalue weighted by atomic mass is 16.5. The molecular formula is C26H25NO4. The molecule has 7 rings (SSSR count). The van der Waals surface area contributed by atoms with Crippen LogP contribution in [0.2, 0.25) is 0 Å². The first-order chi connectivity index (χ1) is 15.2. The normalized spacial score (nSPS) is 32.1. The first-order valence-corrected chi connectivity index (χ1v) is 11.1. The van der Waals surface area contributed by atoms with Crippen molar-refractivity contribution in [3.8, 4) is 11.5 Å². The maximum Gasteiger partial charge on any atom is 0.238 e. The molecule has 2 bridgehead atoms. The minimum absolute atomic E-state index is 0.0205. The van der Waals surface area contributed by atoms with Crippen molar-refractivity contribution in [1.29, 1.82) is 0 Å². The molecule has 2 aromatic rings. The van der Waals surface area contributed by atoms with Gasteiger partial charge in [0.1, 0.15) is 11.5 Å². The van der Waals surface area contributed by atoms with Gasteiger partial charge in [-0.05, 0) is 72.1 Å². The third-order valence-corrected chi connectivity index (χ3v) is 7.58. The Morgan fingerprint density at radius 2 is 1.42 bits per heavy atom. The molecule has 2 aromatic carbocycles. The Morgan fingerprint density at radius 1 is 0.839 bits per heavy atom. The van der Waals surface area contributed by atoms with Crippen molar-refractivity contribution < 1.29 is 19.1 Å². The van der Waals surface area contributed by atoms with Crippen LogP contribution < -0.4 is 14.4 Å². The number of hydrogen-bond donors (Lipinski definition) is 0. The van der Waals surface area contributed by atoms with Gasteiger partial charge in [0.25, 0.3) is 0 Å². The Morgan fingerprint density at radius 3 is 2.00 bits per heavy atom. The van der Waals surface area contributed by atoms with E-state index in [0.717, 1.165) is 17.9 Å². The van der Waals surface area contributed by atoms with Crippen LogP contribution in [0.1, 0.15) is 12.0 Å². The zero-order valence-corrected chi connectivity index (χ0v) is 17.4. The molecule has 1 aliphatic heterocycles. The lowest BCUT2D eigenvalue weighted by atomic mass is 9.63. The summed E-state index contributed by atoms with van der Waals surface area (Å²) in [4.78, 5) is 27.8. The Hall–Kier alpha value is -3.08. The number of methoxy groups -OCH3 is 1. The molecule has 5 nitrogen and oxygen atoms in total. The Bertz CT molecular complexity index is 1020. The summed E-state index contributed by atoms with van der Waals surface area (Å²) in [6.07, 6.45) is 6.37. The van der Waals surface area contributed by atoms with Crippen LogP contribution in [0.4, 0.5) is 5.69 Å². The summed E-state index contributed by atoms with van der Waals surface area (Å²) in [5.74, 6) is 2.95. The number of rotatable bonds is 6. The largest absolute Gasteiger partial charge is 0.497 e. The summed E-state index contributed by atoms with van der Waals surface area (Å²) in [5, 5.41) is 0. The van der Waals surface area contributed by atoms with Gasteiger partial charge in [-0.1, -0.05) is 24.3 Å². The molecule has 1 heterocycles. The van der Waals surface area contributed by atoms with E-state index < -0.39 is 0 Å². The van der Waals surface area contributed by atoms with E-state index in [1.165, 1.54) is 16.9 Å². The highest BCUT2D eigenvalue weighted by Crippen LogP contribution is 2.65. The summed E-state index contributed by atoms with van der Waals surface area (Å²) < 4.78 is 11.0. The van der Waals surface area contributed by atoms with Crippen LogP contribution in [-0.2, 0) is 16.0 Å². The van der Waals surface area contributed by atoms with E-state index in [0.29, 0.717) is 24.1 Å². The molecule has 5 heteroatoms. The number of amides is 2. The second kappa shape index (κ2) is 6.98. The molecule has 1 saturated heterocycles. The van der Waals surface area contributed by atoms with Gasteiger partial charge in [-0.15, -0.1) is 0 Å². The first kappa shape index (κ1) is 18.7. The first-order valence-electron chi connectivity index (χ1n) is 11.1. The molecule has 0 radical (unpaired) electrons. The van der Waals surface area contributed by atoms with Crippen molar-refractivity contribution in [3.63, 3.8) is 0 Å². The molecule has 158 valence electrons. The Labute approximate surface area is 181 Å². The van der Waals surface area contributed by atoms with Crippen molar-refractivity contribution >= 4 is 17.5 Å². The second-order valence-electron chi connectivity index (χ2n) is 9.11. The van der Waals surface area contributed by atoms with Crippen LogP contribution in [0.5, 0.6) is 11.5 Å². The molecule has 0 spiro atoms. The summed E-state index contributed by atoms with van der Waals surface area (Å²) in [7, 11) is 1.66. The van der Waals surface area contributed by atoms with E-state index in [-0.39, 0.29) is 35.5 Å². The highest BCUT2D eigenvalue weighted by molar-refractivity contribution is 6.22. The molecule has 0 N–H and O–H groups in total. The lowest BCUT2D eigenvalue weighted by Gasteiger charge is -2.37. The maximum absolute atomic E-state index is 13.2. The van der Waals surface area contributed by atoms with Gasteiger partial charge in [-0.25, -0.2) is 0 Å². The van der Waals surface area contributed by atoms with Gasteiger partial charge in [-0.2, -0.15) is 0 Å². The maximum atomic E-state index is 13.2. The predicted octanol–water partition coefficient (Wildman–Crippen LogP) is 3.87. The average Bonchev–Trinajstić information content (AvgIpc) is 3.58. The van der Waals surface area contributed by atoms with Crippen molar-refractivity contribution in [2.45, 2.75) is 12.8 Å². The topological polar surface area (TPSA) is 55.8 Å². The molecule has 3 fully saturated rings. The molecule has 2 amide bonds. The van der Waals surface area contributed by atoms with Gasteiger partial charge in [-0.3, -0.25) is 14.5 Å². The second-order valence-corrected chi connectivity index (χ2v) is 9.11. The fourth-order valence-corrected chi connectivity index (χ4v) is 5.98. The van der Waals surface area contributed by atoms with E-state index >= 15 is 0 Å². The number of allylic oxidation sites excluding steroid dienone is 2. The lowest BCUT2D eigenvalue weighted by Crippen LogP contribution is -2.40. The van der Waals surface area contributed by atoms with Gasteiger partial charge in [0.2, 0.25) is 11.8 Å². The molecule has 31 heavy (non-hydrogen) atoms. The van der Waals surface area contributed by atoms with Crippen molar-refractivity contribution in [2.75, 3.05) is 18.6 Å². The minimum atomic E-state index is -0.160. The number of carbonyl (C=O) groups excluding carboxylic acids is 2.